The number of Topliss-reactive ketones (excluding diaryl/α,β-unsaturated/α-hetero) is 1. The molecule has 6 nitrogen and oxygen atoms in total. The van der Waals surface area contributed by atoms with Gasteiger partial charge < -0.3 is 4.42 Å². The lowest BCUT2D eigenvalue weighted by atomic mass is 10.2. The Morgan fingerprint density at radius 3 is 2.66 bits per heavy atom. The molecule has 0 saturated carbocycles. The van der Waals surface area contributed by atoms with E-state index in [1.165, 1.54) is 18.0 Å². The number of thioether (sulfide) groups is 1. The summed E-state index contributed by atoms with van der Waals surface area (Å²) in [6.07, 6.45) is 1.49. The lowest BCUT2D eigenvalue weighted by molar-refractivity contribution is 0.0992. The molecule has 0 radical (unpaired) electrons. The number of fused-ring (bicyclic) bond motifs is 3. The molecule has 5 aromatic rings. The van der Waals surface area contributed by atoms with Crippen LogP contribution in [0.3, 0.4) is 0 Å². The third-order valence-corrected chi connectivity index (χ3v) is 5.56. The summed E-state index contributed by atoms with van der Waals surface area (Å²) in [6, 6.07) is 18.4. The van der Waals surface area contributed by atoms with Crippen molar-refractivity contribution in [3.63, 3.8) is 0 Å². The third kappa shape index (κ3) is 3.39. The van der Waals surface area contributed by atoms with Gasteiger partial charge in [0.1, 0.15) is 0 Å². The Morgan fingerprint density at radius 2 is 1.86 bits per heavy atom. The molecule has 3 aromatic heterocycles. The molecule has 0 aliphatic carbocycles. The van der Waals surface area contributed by atoms with Gasteiger partial charge >= 0.3 is 0 Å². The molecule has 142 valence electrons. The number of aromatic nitrogens is 4. The van der Waals surface area contributed by atoms with E-state index in [-0.39, 0.29) is 11.5 Å². The van der Waals surface area contributed by atoms with Crippen molar-refractivity contribution >= 4 is 45.7 Å². The summed E-state index contributed by atoms with van der Waals surface area (Å²) in [5.41, 5.74) is 2.33. The number of hydrogen-bond acceptors (Lipinski definition) is 6. The van der Waals surface area contributed by atoms with Gasteiger partial charge in [0, 0.05) is 16.0 Å². The first kappa shape index (κ1) is 17.9. The number of nitrogens with zero attached hydrogens (tertiary/aromatic N) is 4. The van der Waals surface area contributed by atoms with Crippen LogP contribution in [0.5, 0.6) is 0 Å². The number of rotatable bonds is 5. The average molecular weight is 421 g/mol. The van der Waals surface area contributed by atoms with Crippen LogP contribution in [0.15, 0.2) is 76.5 Å². The van der Waals surface area contributed by atoms with Crippen molar-refractivity contribution in [2.75, 3.05) is 5.75 Å². The molecule has 0 spiro atoms. The minimum atomic E-state index is -0.110. The number of carbonyl (C=O) groups excluding carboxylic acids is 1. The molecule has 0 fully saturated rings. The summed E-state index contributed by atoms with van der Waals surface area (Å²) < 4.78 is 6.87. The second-order valence-electron chi connectivity index (χ2n) is 6.28. The summed E-state index contributed by atoms with van der Waals surface area (Å²) >= 11 is 7.30. The van der Waals surface area contributed by atoms with Crippen molar-refractivity contribution in [2.24, 2.45) is 0 Å². The Bertz CT molecular complexity index is 1330. The molecular formula is C21H13ClN4O2S. The first-order chi connectivity index (χ1) is 14.2. The van der Waals surface area contributed by atoms with Crippen molar-refractivity contribution < 1.29 is 9.21 Å². The van der Waals surface area contributed by atoms with Crippen molar-refractivity contribution in [2.45, 2.75) is 5.16 Å². The highest BCUT2D eigenvalue weighted by molar-refractivity contribution is 7.99. The quantitative estimate of drug-likeness (QED) is 0.222. The van der Waals surface area contributed by atoms with E-state index < -0.39 is 0 Å². The maximum absolute atomic E-state index is 12.3. The van der Waals surface area contributed by atoms with Gasteiger partial charge in [-0.25, -0.2) is 9.97 Å². The van der Waals surface area contributed by atoms with Crippen LogP contribution in [-0.4, -0.2) is 31.1 Å². The van der Waals surface area contributed by atoms with E-state index in [1.54, 1.807) is 28.8 Å². The van der Waals surface area contributed by atoms with Crippen LogP contribution >= 0.6 is 23.4 Å². The van der Waals surface area contributed by atoms with Gasteiger partial charge in [-0.05, 0) is 48.5 Å². The number of para-hydroxylation sites is 1. The summed E-state index contributed by atoms with van der Waals surface area (Å²) in [7, 11) is 0. The second-order valence-corrected chi connectivity index (χ2v) is 7.66. The van der Waals surface area contributed by atoms with Crippen LogP contribution in [-0.2, 0) is 0 Å². The zero-order valence-electron chi connectivity index (χ0n) is 14.9. The van der Waals surface area contributed by atoms with E-state index >= 15 is 0 Å². The van der Waals surface area contributed by atoms with Gasteiger partial charge in [-0.2, -0.15) is 4.52 Å². The minimum absolute atomic E-state index is 0.110. The first-order valence-electron chi connectivity index (χ1n) is 8.80. The van der Waals surface area contributed by atoms with E-state index in [0.717, 1.165) is 16.5 Å². The van der Waals surface area contributed by atoms with Crippen molar-refractivity contribution in [3.05, 3.63) is 77.7 Å². The van der Waals surface area contributed by atoms with Gasteiger partial charge in [0.15, 0.2) is 22.4 Å². The summed E-state index contributed by atoms with van der Waals surface area (Å²) in [6.45, 7) is 0. The van der Waals surface area contributed by atoms with E-state index in [1.807, 2.05) is 36.4 Å². The van der Waals surface area contributed by atoms with Gasteiger partial charge in [-0.15, -0.1) is 5.10 Å². The fraction of sp³-hybridized carbons (Fsp3) is 0.0476. The normalized spacial score (nSPS) is 11.3. The minimum Gasteiger partial charge on any atom is -0.461 e. The molecule has 2 aromatic carbocycles. The SMILES string of the molecule is O=C(CSc1nc2ccccc2c2nc(-c3ccc(Cl)cc3)nn12)c1ccco1. The summed E-state index contributed by atoms with van der Waals surface area (Å²) in [4.78, 5) is 21.8. The van der Waals surface area contributed by atoms with Crippen molar-refractivity contribution in [1.29, 1.82) is 0 Å². The van der Waals surface area contributed by atoms with Gasteiger partial charge in [0.05, 0.1) is 17.5 Å². The predicted molar refractivity (Wildman–Crippen MR) is 112 cm³/mol. The molecular weight excluding hydrogens is 408 g/mol. The Balaban J connectivity index is 1.60. The van der Waals surface area contributed by atoms with E-state index in [4.69, 9.17) is 26.0 Å². The van der Waals surface area contributed by atoms with Crippen molar-refractivity contribution in [3.8, 4) is 11.4 Å². The number of furan rings is 1. The summed E-state index contributed by atoms with van der Waals surface area (Å²) in [5, 5.41) is 6.78. The fourth-order valence-corrected chi connectivity index (χ4v) is 3.92. The largest absolute Gasteiger partial charge is 0.461 e. The van der Waals surface area contributed by atoms with Crippen LogP contribution < -0.4 is 0 Å². The fourth-order valence-electron chi connectivity index (χ4n) is 2.98. The highest BCUT2D eigenvalue weighted by Gasteiger charge is 2.17. The Morgan fingerprint density at radius 1 is 1.03 bits per heavy atom. The predicted octanol–water partition coefficient (Wildman–Crippen LogP) is 5.17. The number of hydrogen-bond donors (Lipinski definition) is 0. The van der Waals surface area contributed by atoms with Gasteiger partial charge in [0.25, 0.3) is 0 Å². The molecule has 8 heteroatoms. The third-order valence-electron chi connectivity index (χ3n) is 4.38. The number of halogens is 1. The monoisotopic (exact) mass is 420 g/mol. The molecule has 0 bridgehead atoms. The topological polar surface area (TPSA) is 73.3 Å². The lowest BCUT2D eigenvalue weighted by Crippen LogP contribution is -2.04. The smallest absolute Gasteiger partial charge is 0.208 e. The van der Waals surface area contributed by atoms with Gasteiger partial charge in [-0.3, -0.25) is 4.79 Å². The number of carbonyl (C=O) groups is 1. The Kier molecular flexibility index (Phi) is 4.54. The molecule has 3 heterocycles. The average Bonchev–Trinajstić information content (AvgIpc) is 3.43. The van der Waals surface area contributed by atoms with Crippen LogP contribution in [0.25, 0.3) is 27.9 Å². The van der Waals surface area contributed by atoms with E-state index in [2.05, 4.69) is 5.10 Å². The first-order valence-corrected chi connectivity index (χ1v) is 10.2. The summed E-state index contributed by atoms with van der Waals surface area (Å²) in [5.74, 6) is 0.972. The molecule has 0 amide bonds. The molecule has 0 aliphatic heterocycles. The number of ketones is 1. The maximum Gasteiger partial charge on any atom is 0.208 e. The number of benzene rings is 2. The lowest BCUT2D eigenvalue weighted by Gasteiger charge is -2.05. The zero-order chi connectivity index (χ0) is 19.8. The molecule has 0 saturated heterocycles. The molecule has 0 aliphatic rings. The maximum atomic E-state index is 12.3. The molecule has 0 unspecified atom stereocenters. The van der Waals surface area contributed by atoms with Gasteiger partial charge in [0.2, 0.25) is 5.78 Å². The Hall–Kier alpha value is -3.16. The van der Waals surface area contributed by atoms with Crippen LogP contribution in [0.1, 0.15) is 10.6 Å². The van der Waals surface area contributed by atoms with E-state index in [9.17, 15) is 4.79 Å². The standard InChI is InChI=1S/C21H13ClN4O2S/c22-14-9-7-13(8-10-14)19-24-20-15-4-1-2-5-16(15)23-21(26(20)25-19)29-12-17(27)18-6-3-11-28-18/h1-11H,12H2. The van der Waals surface area contributed by atoms with Crippen LogP contribution in [0.2, 0.25) is 5.02 Å². The van der Waals surface area contributed by atoms with Gasteiger partial charge in [-0.1, -0.05) is 35.5 Å². The Labute approximate surface area is 174 Å². The van der Waals surface area contributed by atoms with Crippen LogP contribution in [0.4, 0.5) is 0 Å². The zero-order valence-corrected chi connectivity index (χ0v) is 16.5. The second kappa shape index (κ2) is 7.35. The molecule has 0 N–H and O–H groups in total. The highest BCUT2D eigenvalue weighted by Crippen LogP contribution is 2.27. The van der Waals surface area contributed by atoms with Crippen molar-refractivity contribution in [1.82, 2.24) is 19.6 Å². The van der Waals surface area contributed by atoms with Crippen LogP contribution in [0, 0.1) is 0 Å². The molecule has 29 heavy (non-hydrogen) atoms. The highest BCUT2D eigenvalue weighted by atomic mass is 35.5. The molecule has 0 atom stereocenters. The molecule has 5 rings (SSSR count). The van der Waals surface area contributed by atoms with E-state index in [0.29, 0.717) is 27.4 Å².